The van der Waals surface area contributed by atoms with E-state index in [2.05, 4.69) is 31.9 Å². The molecule has 28 heavy (non-hydrogen) atoms. The van der Waals surface area contributed by atoms with E-state index < -0.39 is 0 Å². The Balaban J connectivity index is 1.93. The molecule has 0 aliphatic heterocycles. The molecule has 0 aliphatic carbocycles. The second kappa shape index (κ2) is 6.92. The minimum atomic E-state index is -0.151. The zero-order valence-electron chi connectivity index (χ0n) is 14.3. The Morgan fingerprint density at radius 2 is 1.61 bits per heavy atom. The molecule has 2 heterocycles. The third kappa shape index (κ3) is 2.90. The number of rotatable bonds is 2. The van der Waals surface area contributed by atoms with E-state index in [4.69, 9.17) is 9.97 Å². The van der Waals surface area contributed by atoms with Gasteiger partial charge in [-0.2, -0.15) is 0 Å². The summed E-state index contributed by atoms with van der Waals surface area (Å²) in [6.45, 7) is 0. The first kappa shape index (κ1) is 17.7. The molecule has 0 aliphatic rings. The zero-order valence-corrected chi connectivity index (χ0v) is 18.3. The number of thiazole rings is 1. The van der Waals surface area contributed by atoms with E-state index in [0.29, 0.717) is 26.3 Å². The largest absolute Gasteiger partial charge is 0.269 e. The normalized spacial score (nSPS) is 11.4. The first-order chi connectivity index (χ1) is 13.6. The van der Waals surface area contributed by atoms with Gasteiger partial charge in [-0.25, -0.2) is 14.5 Å². The summed E-state index contributed by atoms with van der Waals surface area (Å²) in [5, 5.41) is 1.14. The lowest BCUT2D eigenvalue weighted by atomic mass is 10.2. The standard InChI is InChI=1S/C21H11Br2N3OS/c22-13-10-14(23)18-16(11-13)24-19(12-6-2-1-3-7-12)26(20(18)27)21-25-15-8-4-5-9-17(15)28-21/h1-11H. The van der Waals surface area contributed by atoms with Crippen LogP contribution in [0.3, 0.4) is 0 Å². The molecular weight excluding hydrogens is 502 g/mol. The van der Waals surface area contributed by atoms with Crippen molar-refractivity contribution in [2.75, 3.05) is 0 Å². The molecular formula is C21H11Br2N3OS. The lowest BCUT2D eigenvalue weighted by Gasteiger charge is -2.12. The molecule has 0 N–H and O–H groups in total. The maximum Gasteiger partial charge on any atom is 0.269 e. The monoisotopic (exact) mass is 511 g/mol. The van der Waals surface area contributed by atoms with Crippen LogP contribution < -0.4 is 5.56 Å². The molecule has 5 aromatic rings. The SMILES string of the molecule is O=c1c2c(Br)cc(Br)cc2nc(-c2ccccc2)n1-c1nc2ccccc2s1. The number of fused-ring (bicyclic) bond motifs is 2. The van der Waals surface area contributed by atoms with Gasteiger partial charge in [-0.15, -0.1) is 0 Å². The Labute approximate surface area is 180 Å². The molecule has 4 nitrogen and oxygen atoms in total. The van der Waals surface area contributed by atoms with E-state index >= 15 is 0 Å². The van der Waals surface area contributed by atoms with Crippen LogP contribution in [-0.2, 0) is 0 Å². The van der Waals surface area contributed by atoms with Crippen molar-refractivity contribution in [2.45, 2.75) is 0 Å². The van der Waals surface area contributed by atoms with Gasteiger partial charge in [0.25, 0.3) is 5.56 Å². The van der Waals surface area contributed by atoms with Crippen LogP contribution in [0.4, 0.5) is 0 Å². The third-order valence-electron chi connectivity index (χ3n) is 4.40. The molecule has 0 amide bonds. The molecule has 7 heteroatoms. The van der Waals surface area contributed by atoms with Gasteiger partial charge >= 0.3 is 0 Å². The van der Waals surface area contributed by atoms with Crippen LogP contribution in [0.2, 0.25) is 0 Å². The van der Waals surface area contributed by atoms with Crippen molar-refractivity contribution in [2.24, 2.45) is 0 Å². The average molecular weight is 513 g/mol. The van der Waals surface area contributed by atoms with E-state index in [0.717, 1.165) is 20.3 Å². The van der Waals surface area contributed by atoms with Crippen LogP contribution in [0, 0.1) is 0 Å². The smallest absolute Gasteiger partial charge is 0.268 e. The topological polar surface area (TPSA) is 47.8 Å². The molecule has 0 bridgehead atoms. The molecule has 0 fully saturated rings. The Morgan fingerprint density at radius 3 is 2.39 bits per heavy atom. The quantitative estimate of drug-likeness (QED) is 0.283. The van der Waals surface area contributed by atoms with Crippen molar-refractivity contribution < 1.29 is 0 Å². The van der Waals surface area contributed by atoms with Crippen molar-refractivity contribution in [3.8, 4) is 16.5 Å². The molecule has 2 aromatic heterocycles. The van der Waals surface area contributed by atoms with Crippen LogP contribution >= 0.6 is 43.2 Å². The zero-order chi connectivity index (χ0) is 19.3. The van der Waals surface area contributed by atoms with Gasteiger partial charge in [0.15, 0.2) is 5.13 Å². The van der Waals surface area contributed by atoms with Gasteiger partial charge in [-0.3, -0.25) is 4.79 Å². The average Bonchev–Trinajstić information content (AvgIpc) is 3.11. The van der Waals surface area contributed by atoms with Gasteiger partial charge in [0.05, 0.1) is 21.1 Å². The summed E-state index contributed by atoms with van der Waals surface area (Å²) in [6, 6.07) is 21.3. The second-order valence-electron chi connectivity index (χ2n) is 6.19. The second-order valence-corrected chi connectivity index (χ2v) is 8.97. The highest BCUT2D eigenvalue weighted by Gasteiger charge is 2.19. The number of para-hydroxylation sites is 1. The summed E-state index contributed by atoms with van der Waals surface area (Å²) in [6.07, 6.45) is 0. The maximum absolute atomic E-state index is 13.6. The highest BCUT2D eigenvalue weighted by atomic mass is 79.9. The highest BCUT2D eigenvalue weighted by Crippen LogP contribution is 2.31. The summed E-state index contributed by atoms with van der Waals surface area (Å²) < 4.78 is 4.19. The van der Waals surface area contributed by atoms with Gasteiger partial charge < -0.3 is 0 Å². The number of nitrogens with zero attached hydrogens (tertiary/aromatic N) is 3. The summed E-state index contributed by atoms with van der Waals surface area (Å²) in [5.41, 5.74) is 2.20. The first-order valence-corrected chi connectivity index (χ1v) is 10.9. The van der Waals surface area contributed by atoms with Crippen molar-refractivity contribution >= 4 is 64.3 Å². The van der Waals surface area contributed by atoms with Crippen molar-refractivity contribution in [1.82, 2.24) is 14.5 Å². The van der Waals surface area contributed by atoms with E-state index in [1.54, 1.807) is 4.57 Å². The Hall–Kier alpha value is -2.35. The predicted octanol–water partition coefficient (Wildman–Crippen LogP) is 6.19. The Kier molecular flexibility index (Phi) is 4.38. The molecule has 136 valence electrons. The molecule has 0 saturated heterocycles. The van der Waals surface area contributed by atoms with E-state index in [1.807, 2.05) is 66.7 Å². The van der Waals surface area contributed by atoms with E-state index in [-0.39, 0.29) is 5.56 Å². The van der Waals surface area contributed by atoms with Crippen LogP contribution in [-0.4, -0.2) is 14.5 Å². The number of halogens is 2. The summed E-state index contributed by atoms with van der Waals surface area (Å²) in [4.78, 5) is 23.1. The number of aromatic nitrogens is 3. The maximum atomic E-state index is 13.6. The molecule has 0 unspecified atom stereocenters. The lowest BCUT2D eigenvalue weighted by Crippen LogP contribution is -2.22. The lowest BCUT2D eigenvalue weighted by molar-refractivity contribution is 0.964. The summed E-state index contributed by atoms with van der Waals surface area (Å²) >= 11 is 8.48. The summed E-state index contributed by atoms with van der Waals surface area (Å²) in [5.74, 6) is 0.571. The number of hydrogen-bond donors (Lipinski definition) is 0. The predicted molar refractivity (Wildman–Crippen MR) is 121 cm³/mol. The summed E-state index contributed by atoms with van der Waals surface area (Å²) in [7, 11) is 0. The third-order valence-corrected chi connectivity index (χ3v) is 6.50. The van der Waals surface area contributed by atoms with Gasteiger partial charge in [0.1, 0.15) is 5.82 Å². The van der Waals surface area contributed by atoms with Crippen molar-refractivity contribution in [3.63, 3.8) is 0 Å². The van der Waals surface area contributed by atoms with Gasteiger partial charge in [-0.05, 0) is 40.2 Å². The Morgan fingerprint density at radius 1 is 0.857 bits per heavy atom. The fourth-order valence-electron chi connectivity index (χ4n) is 3.15. The number of benzene rings is 3. The number of hydrogen-bond acceptors (Lipinski definition) is 4. The van der Waals surface area contributed by atoms with Crippen molar-refractivity contribution in [3.05, 3.63) is 86.0 Å². The molecule has 5 rings (SSSR count). The van der Waals surface area contributed by atoms with E-state index in [9.17, 15) is 4.79 Å². The molecule has 0 atom stereocenters. The van der Waals surface area contributed by atoms with Crippen molar-refractivity contribution in [1.29, 1.82) is 0 Å². The molecule has 0 spiro atoms. The minimum Gasteiger partial charge on any atom is -0.268 e. The van der Waals surface area contributed by atoms with Crippen LogP contribution in [0.5, 0.6) is 0 Å². The van der Waals surface area contributed by atoms with E-state index in [1.165, 1.54) is 11.3 Å². The highest BCUT2D eigenvalue weighted by molar-refractivity contribution is 9.11. The first-order valence-electron chi connectivity index (χ1n) is 8.45. The van der Waals surface area contributed by atoms with Gasteiger partial charge in [0.2, 0.25) is 0 Å². The fourth-order valence-corrected chi connectivity index (χ4v) is 5.48. The fraction of sp³-hybridized carbons (Fsp3) is 0. The minimum absolute atomic E-state index is 0.151. The molecule has 0 radical (unpaired) electrons. The van der Waals surface area contributed by atoms with Crippen LogP contribution in [0.25, 0.3) is 37.6 Å². The van der Waals surface area contributed by atoms with Crippen LogP contribution in [0.15, 0.2) is 80.5 Å². The van der Waals surface area contributed by atoms with Gasteiger partial charge in [-0.1, -0.05) is 69.7 Å². The molecule has 3 aromatic carbocycles. The molecule has 0 saturated carbocycles. The van der Waals surface area contributed by atoms with Crippen LogP contribution in [0.1, 0.15) is 0 Å². The Bertz CT molecular complexity index is 1380. The van der Waals surface area contributed by atoms with Gasteiger partial charge in [0, 0.05) is 14.5 Å².